The van der Waals surface area contributed by atoms with Crippen molar-refractivity contribution in [2.24, 2.45) is 0 Å². The molecule has 1 atom stereocenters. The molecule has 1 heterocycles. The summed E-state index contributed by atoms with van der Waals surface area (Å²) in [4.78, 5) is 3.17. The van der Waals surface area contributed by atoms with E-state index >= 15 is 0 Å². The molecule has 0 aromatic carbocycles. The molecule has 1 N–H and O–H groups in total. The Morgan fingerprint density at radius 1 is 1.50 bits per heavy atom. The Kier molecular flexibility index (Phi) is 4.68. The monoisotopic (exact) mass is 258 g/mol. The lowest BCUT2D eigenvalue weighted by Gasteiger charge is -2.24. The van der Waals surface area contributed by atoms with E-state index in [0.29, 0.717) is 6.04 Å². The molecule has 0 amide bonds. The van der Waals surface area contributed by atoms with E-state index in [-0.39, 0.29) is 5.41 Å². The molecule has 0 aliphatic carbocycles. The predicted octanol–water partition coefficient (Wildman–Crippen LogP) is 4.16. The Morgan fingerprint density at radius 3 is 2.62 bits per heavy atom. The Morgan fingerprint density at radius 2 is 2.12 bits per heavy atom. The van der Waals surface area contributed by atoms with Gasteiger partial charge in [0.1, 0.15) is 0 Å². The van der Waals surface area contributed by atoms with E-state index in [1.807, 2.05) is 11.8 Å². The number of aromatic nitrogens is 2. The van der Waals surface area contributed by atoms with Crippen LogP contribution in [-0.4, -0.2) is 21.6 Å². The van der Waals surface area contributed by atoms with Crippen molar-refractivity contribution in [3.05, 3.63) is 16.7 Å². The number of aromatic amines is 1. The highest BCUT2D eigenvalue weighted by molar-refractivity contribution is 7.98. The molecular formula is C12H22N2S2. The van der Waals surface area contributed by atoms with Gasteiger partial charge in [0.05, 0.1) is 0 Å². The molecule has 1 rings (SSSR count). The summed E-state index contributed by atoms with van der Waals surface area (Å²) < 4.78 is 3.12. The van der Waals surface area contributed by atoms with Crippen LogP contribution in [0.2, 0.25) is 0 Å². The molecule has 2 nitrogen and oxygen atoms in total. The smallest absolute Gasteiger partial charge is 0.177 e. The fraction of sp³-hybridized carbons (Fsp3) is 0.750. The first kappa shape index (κ1) is 13.8. The maximum absolute atomic E-state index is 5.37. The second kappa shape index (κ2) is 5.41. The lowest BCUT2D eigenvalue weighted by atomic mass is 9.92. The van der Waals surface area contributed by atoms with Gasteiger partial charge in [0.2, 0.25) is 0 Å². The minimum absolute atomic E-state index is 0.140. The average molecular weight is 258 g/mol. The van der Waals surface area contributed by atoms with Crippen molar-refractivity contribution >= 4 is 24.0 Å². The van der Waals surface area contributed by atoms with Crippen LogP contribution in [0.1, 0.15) is 45.9 Å². The Bertz CT molecular complexity index is 384. The molecule has 0 saturated heterocycles. The fourth-order valence-corrected chi connectivity index (χ4v) is 2.73. The van der Waals surface area contributed by atoms with Crippen molar-refractivity contribution in [2.45, 2.75) is 45.6 Å². The number of imidazole rings is 1. The summed E-state index contributed by atoms with van der Waals surface area (Å²) in [6.45, 7) is 8.92. The van der Waals surface area contributed by atoms with E-state index in [1.165, 1.54) is 11.4 Å². The molecule has 92 valence electrons. The first-order chi connectivity index (χ1) is 7.38. The summed E-state index contributed by atoms with van der Waals surface area (Å²) in [6.07, 6.45) is 5.36. The zero-order chi connectivity index (χ0) is 12.3. The molecular weight excluding hydrogens is 236 g/mol. The second-order valence-corrected chi connectivity index (χ2v) is 6.60. The first-order valence-corrected chi connectivity index (χ1v) is 7.47. The van der Waals surface area contributed by atoms with Crippen LogP contribution in [0.15, 0.2) is 6.20 Å². The Balaban J connectivity index is 3.02. The number of rotatable bonds is 4. The maximum Gasteiger partial charge on any atom is 0.177 e. The quantitative estimate of drug-likeness (QED) is 0.819. The number of nitrogens with one attached hydrogen (secondary N) is 1. The number of nitrogens with zero attached hydrogens (tertiary/aromatic N) is 1. The van der Waals surface area contributed by atoms with Gasteiger partial charge in [-0.15, -0.1) is 0 Å². The van der Waals surface area contributed by atoms with E-state index in [1.54, 1.807) is 0 Å². The summed E-state index contributed by atoms with van der Waals surface area (Å²) in [7, 11) is 0. The van der Waals surface area contributed by atoms with Gasteiger partial charge in [0, 0.05) is 23.3 Å². The highest BCUT2D eigenvalue weighted by Crippen LogP contribution is 2.26. The molecule has 0 aliphatic heterocycles. The van der Waals surface area contributed by atoms with Crippen LogP contribution >= 0.6 is 24.0 Å². The summed E-state index contributed by atoms with van der Waals surface area (Å²) in [5.41, 5.74) is 1.44. The van der Waals surface area contributed by atoms with Crippen LogP contribution in [0.25, 0.3) is 0 Å². The molecule has 1 aromatic heterocycles. The molecule has 16 heavy (non-hydrogen) atoms. The molecule has 0 bridgehead atoms. The second-order valence-electron chi connectivity index (χ2n) is 5.23. The SMILES string of the molecule is CSCCC(C)n1c(C(C)(C)C)c[nH]c1=S. The number of hydrogen-bond acceptors (Lipinski definition) is 2. The first-order valence-electron chi connectivity index (χ1n) is 5.67. The van der Waals surface area contributed by atoms with E-state index in [4.69, 9.17) is 12.2 Å². The van der Waals surface area contributed by atoms with Crippen molar-refractivity contribution in [2.75, 3.05) is 12.0 Å². The van der Waals surface area contributed by atoms with Crippen molar-refractivity contribution in [1.29, 1.82) is 0 Å². The minimum Gasteiger partial charge on any atom is -0.337 e. The van der Waals surface area contributed by atoms with Crippen LogP contribution in [0.5, 0.6) is 0 Å². The third kappa shape index (κ3) is 3.14. The van der Waals surface area contributed by atoms with Gasteiger partial charge in [-0.1, -0.05) is 20.8 Å². The molecule has 4 heteroatoms. The summed E-state index contributed by atoms with van der Waals surface area (Å²) in [6, 6.07) is 0.473. The highest BCUT2D eigenvalue weighted by atomic mass is 32.2. The molecule has 1 unspecified atom stereocenters. The zero-order valence-corrected chi connectivity index (χ0v) is 12.5. The van der Waals surface area contributed by atoms with Gasteiger partial charge in [-0.2, -0.15) is 11.8 Å². The van der Waals surface area contributed by atoms with E-state index in [9.17, 15) is 0 Å². The predicted molar refractivity (Wildman–Crippen MR) is 76.0 cm³/mol. The van der Waals surface area contributed by atoms with Crippen molar-refractivity contribution in [3.63, 3.8) is 0 Å². The molecule has 1 aromatic rings. The van der Waals surface area contributed by atoms with Gasteiger partial charge in [0.25, 0.3) is 0 Å². The zero-order valence-electron chi connectivity index (χ0n) is 10.8. The Labute approximate surface area is 108 Å². The summed E-state index contributed by atoms with van der Waals surface area (Å²) in [5, 5.41) is 0. The largest absolute Gasteiger partial charge is 0.337 e. The van der Waals surface area contributed by atoms with Crippen molar-refractivity contribution < 1.29 is 0 Å². The lowest BCUT2D eigenvalue weighted by Crippen LogP contribution is -2.20. The summed E-state index contributed by atoms with van der Waals surface area (Å²) in [5.74, 6) is 1.18. The van der Waals surface area contributed by atoms with E-state index in [2.05, 4.69) is 49.7 Å². The van der Waals surface area contributed by atoms with E-state index in [0.717, 1.165) is 11.2 Å². The standard InChI is InChI=1S/C12H22N2S2/c1-9(6-7-16-5)14-10(12(2,3)4)8-13-11(14)15/h8-9H,6-7H2,1-5H3,(H,13,15). The van der Waals surface area contributed by atoms with Crippen molar-refractivity contribution in [1.82, 2.24) is 9.55 Å². The molecule has 0 saturated carbocycles. The topological polar surface area (TPSA) is 20.7 Å². The summed E-state index contributed by atoms with van der Waals surface area (Å²) >= 11 is 7.26. The van der Waals surface area contributed by atoms with Gasteiger partial charge in [-0.3, -0.25) is 0 Å². The molecule has 0 aliphatic rings. The number of H-pyrrole nitrogens is 1. The highest BCUT2D eigenvalue weighted by Gasteiger charge is 2.21. The molecule has 0 spiro atoms. The lowest BCUT2D eigenvalue weighted by molar-refractivity contribution is 0.454. The van der Waals surface area contributed by atoms with Crippen molar-refractivity contribution in [3.8, 4) is 0 Å². The minimum atomic E-state index is 0.140. The van der Waals surface area contributed by atoms with Gasteiger partial charge in [-0.25, -0.2) is 0 Å². The van der Waals surface area contributed by atoms with Crippen LogP contribution in [0.4, 0.5) is 0 Å². The third-order valence-electron chi connectivity index (χ3n) is 2.76. The average Bonchev–Trinajstić information content (AvgIpc) is 2.56. The van der Waals surface area contributed by atoms with Gasteiger partial charge in [0.15, 0.2) is 4.77 Å². The number of thioether (sulfide) groups is 1. The van der Waals surface area contributed by atoms with Crippen LogP contribution < -0.4 is 0 Å². The van der Waals surface area contributed by atoms with Gasteiger partial charge >= 0.3 is 0 Å². The van der Waals surface area contributed by atoms with Gasteiger partial charge in [-0.05, 0) is 37.6 Å². The normalized spacial score (nSPS) is 14.1. The van der Waals surface area contributed by atoms with Crippen LogP contribution in [0, 0.1) is 4.77 Å². The van der Waals surface area contributed by atoms with E-state index < -0.39 is 0 Å². The third-order valence-corrected chi connectivity index (χ3v) is 3.72. The Hall–Kier alpha value is -0.220. The molecule has 0 radical (unpaired) electrons. The number of hydrogen-bond donors (Lipinski definition) is 1. The fourth-order valence-electron chi connectivity index (χ4n) is 1.81. The molecule has 0 fully saturated rings. The van der Waals surface area contributed by atoms with Gasteiger partial charge < -0.3 is 9.55 Å². The maximum atomic E-state index is 5.37. The van der Waals surface area contributed by atoms with Crippen LogP contribution in [-0.2, 0) is 5.41 Å². The van der Waals surface area contributed by atoms with Crippen LogP contribution in [0.3, 0.4) is 0 Å².